The second-order valence-electron chi connectivity index (χ2n) is 32.2. The maximum atomic E-state index is 14.4. The average molecular weight is 1640 g/mol. The van der Waals surface area contributed by atoms with Crippen LogP contribution in [-0.2, 0) is 10.8 Å². The zero-order valence-electron chi connectivity index (χ0n) is 68.4. The Labute approximate surface area is 722 Å². The predicted octanol–water partition coefficient (Wildman–Crippen LogP) is 28.7. The predicted molar refractivity (Wildman–Crippen MR) is 493 cm³/mol. The van der Waals surface area contributed by atoms with Gasteiger partial charge in [0.05, 0.1) is 32.2 Å². The number of aromatic nitrogens is 1. The molecule has 2 aromatic heterocycles. The number of para-hydroxylation sites is 3. The second kappa shape index (κ2) is 32.1. The first-order chi connectivity index (χ1) is 61.4. The zero-order valence-corrected chi connectivity index (χ0v) is 68.4. The van der Waals surface area contributed by atoms with Crippen LogP contribution in [0.25, 0.3) is 138 Å². The fraction of sp³-hybridized carbons (Fsp3) is 0.0536. The van der Waals surface area contributed by atoms with E-state index < -0.39 is 67.3 Å². The molecular formula is C112H71F6N7O. The second-order valence-corrected chi connectivity index (χ2v) is 32.2. The number of fused-ring (bicyclic) bond motifs is 14. The van der Waals surface area contributed by atoms with Crippen LogP contribution < -0.4 is 20.2 Å². The molecule has 0 saturated heterocycles. The number of hydrogen-bond acceptors (Lipinski definition) is 7. The largest absolute Gasteiger partial charge is 0.455 e. The highest BCUT2D eigenvalue weighted by atomic mass is 19.2. The summed E-state index contributed by atoms with van der Waals surface area (Å²) in [5.41, 5.74) is 29.5. The summed E-state index contributed by atoms with van der Waals surface area (Å²) in [6.45, 7) is 9.36. The third kappa shape index (κ3) is 13.5. The van der Waals surface area contributed by atoms with E-state index in [-0.39, 0.29) is 10.8 Å². The van der Waals surface area contributed by atoms with Crippen molar-refractivity contribution in [3.05, 3.63) is 426 Å². The van der Waals surface area contributed by atoms with Gasteiger partial charge in [0, 0.05) is 77.8 Å². The van der Waals surface area contributed by atoms with Crippen molar-refractivity contribution in [1.29, 1.82) is 21.0 Å². The third-order valence-corrected chi connectivity index (χ3v) is 24.4. The van der Waals surface area contributed by atoms with Crippen LogP contribution in [0, 0.1) is 80.2 Å². The van der Waals surface area contributed by atoms with Crippen LogP contribution in [0.5, 0.6) is 0 Å². The summed E-state index contributed by atoms with van der Waals surface area (Å²) in [5, 5.41) is 32.9. The minimum atomic E-state index is -2.23. The molecule has 0 aliphatic heterocycles. The van der Waals surface area contributed by atoms with Crippen molar-refractivity contribution in [3.63, 3.8) is 0 Å². The number of hydrogen-bond donors (Lipinski definition) is 0. The number of benzene rings is 17. The molecule has 0 amide bonds. The van der Waals surface area contributed by atoms with Crippen LogP contribution >= 0.6 is 0 Å². The molecule has 0 spiro atoms. The number of nitrogens with zero attached hydrogens (tertiary/aromatic N) is 7. The first-order valence-electron chi connectivity index (χ1n) is 41.0. The Balaban J connectivity index is 0.000000131. The van der Waals surface area contributed by atoms with E-state index in [1.165, 1.54) is 122 Å². The Morgan fingerprint density at radius 2 is 0.659 bits per heavy atom. The Kier molecular flexibility index (Phi) is 20.2. The van der Waals surface area contributed by atoms with E-state index in [0.717, 1.165) is 75.0 Å². The van der Waals surface area contributed by atoms with Crippen molar-refractivity contribution in [2.75, 3.05) is 9.80 Å². The van der Waals surface area contributed by atoms with Crippen LogP contribution in [0.4, 0.5) is 60.5 Å². The molecule has 0 radical (unpaired) electrons. The van der Waals surface area contributed by atoms with Gasteiger partial charge in [-0.3, -0.25) is 0 Å². The van der Waals surface area contributed by atoms with Crippen molar-refractivity contribution in [1.82, 2.24) is 4.57 Å². The summed E-state index contributed by atoms with van der Waals surface area (Å²) < 4.78 is 94.4. The molecule has 0 fully saturated rings. The Bertz CT molecular complexity index is 7710. The van der Waals surface area contributed by atoms with Crippen molar-refractivity contribution in [2.45, 2.75) is 38.5 Å². The maximum absolute atomic E-state index is 14.4. The molecular weight excluding hydrogens is 1570 g/mol. The number of nitriles is 4. The molecule has 14 heteroatoms. The van der Waals surface area contributed by atoms with Crippen molar-refractivity contribution in [3.8, 4) is 96.7 Å². The number of rotatable bonds is 11. The normalized spacial score (nSPS) is 12.3. The van der Waals surface area contributed by atoms with Crippen LogP contribution in [0.15, 0.2) is 362 Å². The minimum absolute atomic E-state index is 0.0864. The molecule has 0 unspecified atom stereocenters. The van der Waals surface area contributed by atoms with Crippen LogP contribution in [0.2, 0.25) is 0 Å². The van der Waals surface area contributed by atoms with E-state index in [4.69, 9.17) is 25.5 Å². The lowest BCUT2D eigenvalue weighted by molar-refractivity contribution is 0.471. The van der Waals surface area contributed by atoms with Crippen LogP contribution in [-0.4, -0.2) is 4.57 Å². The highest BCUT2D eigenvalue weighted by Gasteiger charge is 2.40. The molecule has 0 bridgehead atoms. The molecule has 2 heterocycles. The SMILES string of the molecule is CC1(C)c2ccc(N(c3ccc(-c4ccccc4)cc3)c3ccc(-c4ccccc4)cc3)cc2-c2c1ccc1c2oc2ccccc21.CC1(C)c2ccccc2-c2ccc(N(c3ccc(-c4ccccc4)cc3)c3ccc(-c4ccc5c(c4)c4ccccc4n5-c4ccccc4)cc3)cc21.N#CC(C#N)=c1c(F)c(F)c2c(F)c(=C(C#N)C#N)c(F)c(F)c2c1F. The molecule has 0 N–H and O–H groups in total. The van der Waals surface area contributed by atoms with Gasteiger partial charge in [-0.2, -0.15) is 21.0 Å². The number of anilines is 6. The monoisotopic (exact) mass is 1640 g/mol. The van der Waals surface area contributed by atoms with Crippen molar-refractivity contribution >= 4 is 99.8 Å². The van der Waals surface area contributed by atoms with Gasteiger partial charge in [-0.15, -0.1) is 0 Å². The van der Waals surface area contributed by atoms with Gasteiger partial charge in [-0.1, -0.05) is 276 Å². The molecule has 21 rings (SSSR count). The Hall–Kier alpha value is -16.5. The van der Waals surface area contributed by atoms with Gasteiger partial charge < -0.3 is 18.8 Å². The van der Waals surface area contributed by atoms with Gasteiger partial charge in [-0.25, -0.2) is 26.3 Å². The van der Waals surface area contributed by atoms with E-state index in [1.807, 2.05) is 6.07 Å². The van der Waals surface area contributed by atoms with E-state index in [2.05, 4.69) is 394 Å². The number of halogens is 6. The smallest absolute Gasteiger partial charge is 0.171 e. The van der Waals surface area contributed by atoms with E-state index in [0.29, 0.717) is 0 Å². The molecule has 2 aliphatic rings. The average Bonchev–Trinajstić information content (AvgIpc) is 1.51. The molecule has 8 nitrogen and oxygen atoms in total. The molecule has 126 heavy (non-hydrogen) atoms. The topological polar surface area (TPSA) is 120 Å². The summed E-state index contributed by atoms with van der Waals surface area (Å²) >= 11 is 0. The van der Waals surface area contributed by atoms with Gasteiger partial charge in [0.15, 0.2) is 23.3 Å². The summed E-state index contributed by atoms with van der Waals surface area (Å²) in [6.07, 6.45) is 0. The van der Waals surface area contributed by atoms with Gasteiger partial charge in [0.2, 0.25) is 0 Å². The quantitative estimate of drug-likeness (QED) is 0.0934. The summed E-state index contributed by atoms with van der Waals surface area (Å²) in [4.78, 5) is 4.77. The fourth-order valence-corrected chi connectivity index (χ4v) is 18.2. The third-order valence-electron chi connectivity index (χ3n) is 24.4. The molecule has 2 aliphatic carbocycles. The molecule has 0 saturated carbocycles. The Morgan fingerprint density at radius 1 is 0.286 bits per heavy atom. The van der Waals surface area contributed by atoms with Gasteiger partial charge in [0.25, 0.3) is 0 Å². The van der Waals surface area contributed by atoms with E-state index in [1.54, 1.807) is 0 Å². The van der Waals surface area contributed by atoms with Gasteiger partial charge in [-0.05, 0) is 193 Å². The van der Waals surface area contributed by atoms with Crippen LogP contribution in [0.1, 0.15) is 49.9 Å². The molecule has 602 valence electrons. The molecule has 0 atom stereocenters. The first kappa shape index (κ1) is 79.3. The van der Waals surface area contributed by atoms with Crippen LogP contribution in [0.3, 0.4) is 0 Å². The fourth-order valence-electron chi connectivity index (χ4n) is 18.2. The standard InChI is InChI=1S/C51H38N2.C45H33NO.C16F6N4/c1-51(2)47-19-11-9-17-43(47)44-31-30-42(34-48(44)51)52(40-26-21-36(22-27-40)35-13-5-3-6-14-35)41-28-23-37(24-29-41)38-25-32-50-46(33-38)45-18-10-12-20-49(45)53(50)39-15-7-4-8-16-39;1-45(2)40-27-25-36(29-39(40)43-41(45)28-26-38-37-15-9-10-16-42(37)47-44(38)43)46(34-21-17-32(18-22-34)30-11-5-3-6-12-30)35-23-19-33(20-24-35)31-13-7-4-8-14-31;17-11-7(5(1-23)2-24)13(19)15(21)10-9(11)16(22)14(20)8(12(10)18)6(3-25)4-26/h3-34H,1-2H3;3-29H,1-2H3;. The maximum Gasteiger partial charge on any atom is 0.171 e. The summed E-state index contributed by atoms with van der Waals surface area (Å²) in [5.74, 6) is -13.0. The Morgan fingerprint density at radius 3 is 1.17 bits per heavy atom. The molecule has 19 aromatic rings. The minimum Gasteiger partial charge on any atom is -0.455 e. The highest BCUT2D eigenvalue weighted by Crippen LogP contribution is 2.56. The van der Waals surface area contributed by atoms with Gasteiger partial charge in [0.1, 0.15) is 58.2 Å². The lowest BCUT2D eigenvalue weighted by Crippen LogP contribution is -2.25. The first-order valence-corrected chi connectivity index (χ1v) is 41.0. The number of furan rings is 1. The van der Waals surface area contributed by atoms with Gasteiger partial charge >= 0.3 is 0 Å². The van der Waals surface area contributed by atoms with E-state index in [9.17, 15) is 26.3 Å². The lowest BCUT2D eigenvalue weighted by Gasteiger charge is -2.28. The summed E-state index contributed by atoms with van der Waals surface area (Å²) in [7, 11) is 0. The highest BCUT2D eigenvalue weighted by molar-refractivity contribution is 6.13. The summed E-state index contributed by atoms with van der Waals surface area (Å²) in [6, 6.07) is 134. The van der Waals surface area contributed by atoms with Crippen molar-refractivity contribution in [2.24, 2.45) is 0 Å². The molecule has 17 aromatic carbocycles. The zero-order chi connectivity index (χ0) is 86.8. The lowest BCUT2D eigenvalue weighted by atomic mass is 9.82. The van der Waals surface area contributed by atoms with E-state index >= 15 is 0 Å². The van der Waals surface area contributed by atoms with Crippen molar-refractivity contribution < 1.29 is 30.8 Å².